The Morgan fingerprint density at radius 1 is 1.05 bits per heavy atom. The van der Waals surface area contributed by atoms with Gasteiger partial charge in [0.2, 0.25) is 0 Å². The number of carbonyl (C=O) groups excluding carboxylic acids is 1. The van der Waals surface area contributed by atoms with E-state index in [2.05, 4.69) is 6.58 Å². The number of rotatable bonds is 7. The minimum atomic E-state index is -0.710. The molecule has 0 saturated heterocycles. The summed E-state index contributed by atoms with van der Waals surface area (Å²) in [7, 11) is 0. The van der Waals surface area contributed by atoms with Crippen molar-refractivity contribution in [2.75, 3.05) is 0 Å². The summed E-state index contributed by atoms with van der Waals surface area (Å²) in [6.45, 7) is 3.70. The lowest BCUT2D eigenvalue weighted by Crippen LogP contribution is -2.30. The molecule has 0 spiro atoms. The van der Waals surface area contributed by atoms with E-state index in [1.807, 2.05) is 48.5 Å². The quantitative estimate of drug-likeness (QED) is 0.620. The van der Waals surface area contributed by atoms with Crippen molar-refractivity contribution in [1.82, 2.24) is 0 Å². The van der Waals surface area contributed by atoms with Gasteiger partial charge in [-0.1, -0.05) is 66.7 Å². The number of carbonyl (C=O) groups is 1. The topological polar surface area (TPSA) is 37.3 Å². The Hall–Kier alpha value is -2.19. The lowest BCUT2D eigenvalue weighted by atomic mass is 9.87. The molecule has 0 aromatic heterocycles. The van der Waals surface area contributed by atoms with Crippen molar-refractivity contribution < 1.29 is 9.90 Å². The Bertz CT molecular complexity index is 575. The maximum Gasteiger partial charge on any atom is 0.168 e. The molecule has 0 amide bonds. The minimum Gasteiger partial charge on any atom is -0.392 e. The summed E-state index contributed by atoms with van der Waals surface area (Å²) in [6.07, 6.45) is 1.93. The van der Waals surface area contributed by atoms with Crippen molar-refractivity contribution in [3.63, 3.8) is 0 Å². The molecule has 2 atom stereocenters. The molecule has 108 valence electrons. The standard InChI is InChI=1S/C19H20O2/c1-2-9-17(19(21)16-12-7-4-8-13-16)18(20)14-15-10-5-3-6-11-15/h2-8,10-13,17-18,20H,1,9,14H2/t17-,18-/m0/s1. The summed E-state index contributed by atoms with van der Waals surface area (Å²) in [4.78, 5) is 12.6. The minimum absolute atomic E-state index is 0.0288. The predicted molar refractivity (Wildman–Crippen MR) is 85.2 cm³/mol. The van der Waals surface area contributed by atoms with Crippen LogP contribution < -0.4 is 0 Å². The second-order valence-electron chi connectivity index (χ2n) is 5.12. The van der Waals surface area contributed by atoms with Gasteiger partial charge in [-0.2, -0.15) is 0 Å². The first-order chi connectivity index (χ1) is 10.2. The van der Waals surface area contributed by atoms with E-state index in [1.54, 1.807) is 18.2 Å². The molecule has 0 radical (unpaired) electrons. The highest BCUT2D eigenvalue weighted by Crippen LogP contribution is 2.20. The zero-order valence-corrected chi connectivity index (χ0v) is 12.0. The van der Waals surface area contributed by atoms with Crippen molar-refractivity contribution in [1.29, 1.82) is 0 Å². The van der Waals surface area contributed by atoms with Crippen LogP contribution >= 0.6 is 0 Å². The zero-order chi connectivity index (χ0) is 15.1. The van der Waals surface area contributed by atoms with E-state index < -0.39 is 12.0 Å². The number of hydrogen-bond acceptors (Lipinski definition) is 2. The number of allylic oxidation sites excluding steroid dienone is 1. The molecule has 0 bridgehead atoms. The number of benzene rings is 2. The smallest absolute Gasteiger partial charge is 0.168 e. The summed E-state index contributed by atoms with van der Waals surface area (Å²) in [5.41, 5.74) is 1.66. The van der Waals surface area contributed by atoms with Gasteiger partial charge >= 0.3 is 0 Å². The van der Waals surface area contributed by atoms with Gasteiger partial charge in [0.1, 0.15) is 0 Å². The van der Waals surface area contributed by atoms with Crippen LogP contribution in [0.2, 0.25) is 0 Å². The van der Waals surface area contributed by atoms with Crippen LogP contribution in [-0.4, -0.2) is 17.0 Å². The lowest BCUT2D eigenvalue weighted by Gasteiger charge is -2.21. The summed E-state index contributed by atoms with van der Waals surface area (Å²) < 4.78 is 0. The Labute approximate surface area is 125 Å². The molecule has 21 heavy (non-hydrogen) atoms. The SMILES string of the molecule is C=CC[C@H](C(=O)c1ccccc1)[C@@H](O)Cc1ccccc1. The van der Waals surface area contributed by atoms with Crippen LogP contribution in [0.25, 0.3) is 0 Å². The molecule has 1 N–H and O–H groups in total. The highest BCUT2D eigenvalue weighted by atomic mass is 16.3. The fourth-order valence-electron chi connectivity index (χ4n) is 2.43. The molecule has 0 heterocycles. The van der Waals surface area contributed by atoms with Gasteiger partial charge in [-0.05, 0) is 18.4 Å². The number of hydrogen-bond donors (Lipinski definition) is 1. The molecule has 0 saturated carbocycles. The van der Waals surface area contributed by atoms with Crippen LogP contribution in [0, 0.1) is 5.92 Å². The van der Waals surface area contributed by atoms with E-state index in [4.69, 9.17) is 0 Å². The number of ketones is 1. The van der Waals surface area contributed by atoms with Crippen molar-refractivity contribution in [2.45, 2.75) is 18.9 Å². The average molecular weight is 280 g/mol. The third-order valence-electron chi connectivity index (χ3n) is 3.57. The number of Topliss-reactive ketones (excluding diaryl/α,β-unsaturated/α-hetero) is 1. The lowest BCUT2D eigenvalue weighted by molar-refractivity contribution is 0.0685. The third kappa shape index (κ3) is 4.14. The van der Waals surface area contributed by atoms with Gasteiger partial charge in [-0.3, -0.25) is 4.79 Å². The molecule has 0 aliphatic heterocycles. The Kier molecular flexibility index (Phi) is 5.47. The van der Waals surface area contributed by atoms with E-state index in [-0.39, 0.29) is 5.78 Å². The number of aliphatic hydroxyl groups excluding tert-OH is 1. The van der Waals surface area contributed by atoms with Crippen molar-refractivity contribution in [3.05, 3.63) is 84.4 Å². The first kappa shape index (κ1) is 15.2. The van der Waals surface area contributed by atoms with Gasteiger partial charge in [0.15, 0.2) is 5.78 Å². The fraction of sp³-hybridized carbons (Fsp3) is 0.211. The van der Waals surface area contributed by atoms with E-state index >= 15 is 0 Å². The summed E-state index contributed by atoms with van der Waals surface area (Å²) in [5.74, 6) is -0.482. The molecule has 0 aliphatic rings. The average Bonchev–Trinajstić information content (AvgIpc) is 2.53. The summed E-state index contributed by atoms with van der Waals surface area (Å²) >= 11 is 0. The van der Waals surface area contributed by atoms with E-state index in [9.17, 15) is 9.90 Å². The maximum atomic E-state index is 12.6. The Balaban J connectivity index is 2.14. The molecular weight excluding hydrogens is 260 g/mol. The molecule has 0 fully saturated rings. The van der Waals surface area contributed by atoms with Gasteiger partial charge < -0.3 is 5.11 Å². The summed E-state index contributed by atoms with van der Waals surface area (Å²) in [6, 6.07) is 18.8. The largest absolute Gasteiger partial charge is 0.392 e. The van der Waals surface area contributed by atoms with Crippen LogP contribution in [0.15, 0.2) is 73.3 Å². The summed E-state index contributed by atoms with van der Waals surface area (Å²) in [5, 5.41) is 10.5. The first-order valence-corrected chi connectivity index (χ1v) is 7.14. The van der Waals surface area contributed by atoms with E-state index in [0.717, 1.165) is 5.56 Å². The Morgan fingerprint density at radius 2 is 1.62 bits per heavy atom. The second kappa shape index (κ2) is 7.55. The zero-order valence-electron chi connectivity index (χ0n) is 12.0. The maximum absolute atomic E-state index is 12.6. The van der Waals surface area contributed by atoms with Crippen molar-refractivity contribution >= 4 is 5.78 Å². The first-order valence-electron chi connectivity index (χ1n) is 7.14. The fourth-order valence-corrected chi connectivity index (χ4v) is 2.43. The highest BCUT2D eigenvalue weighted by molar-refractivity contribution is 5.98. The van der Waals surface area contributed by atoms with Crippen LogP contribution in [0.1, 0.15) is 22.3 Å². The molecular formula is C19H20O2. The molecule has 2 heteroatoms. The third-order valence-corrected chi connectivity index (χ3v) is 3.57. The van der Waals surface area contributed by atoms with E-state index in [0.29, 0.717) is 18.4 Å². The number of aliphatic hydroxyl groups is 1. The highest BCUT2D eigenvalue weighted by Gasteiger charge is 2.26. The van der Waals surface area contributed by atoms with E-state index in [1.165, 1.54) is 0 Å². The molecule has 2 rings (SSSR count). The van der Waals surface area contributed by atoms with Crippen LogP contribution in [0.4, 0.5) is 0 Å². The van der Waals surface area contributed by atoms with Gasteiger partial charge in [0.25, 0.3) is 0 Å². The normalized spacial score (nSPS) is 13.4. The molecule has 2 aromatic carbocycles. The molecule has 0 aliphatic carbocycles. The monoisotopic (exact) mass is 280 g/mol. The van der Waals surface area contributed by atoms with Crippen molar-refractivity contribution in [2.24, 2.45) is 5.92 Å². The molecule has 0 unspecified atom stereocenters. The predicted octanol–water partition coefficient (Wildman–Crippen LogP) is 3.67. The molecule has 2 nitrogen and oxygen atoms in total. The van der Waals surface area contributed by atoms with Crippen LogP contribution in [0.5, 0.6) is 0 Å². The van der Waals surface area contributed by atoms with Crippen molar-refractivity contribution in [3.8, 4) is 0 Å². The van der Waals surface area contributed by atoms with Gasteiger partial charge in [0.05, 0.1) is 12.0 Å². The second-order valence-corrected chi connectivity index (χ2v) is 5.12. The van der Waals surface area contributed by atoms with Gasteiger partial charge in [-0.25, -0.2) is 0 Å². The molecule has 2 aromatic rings. The van der Waals surface area contributed by atoms with Gasteiger partial charge in [-0.15, -0.1) is 6.58 Å². The van der Waals surface area contributed by atoms with Crippen LogP contribution in [-0.2, 0) is 6.42 Å². The van der Waals surface area contributed by atoms with Gasteiger partial charge in [0, 0.05) is 5.56 Å². The Morgan fingerprint density at radius 3 is 2.19 bits per heavy atom. The van der Waals surface area contributed by atoms with Crippen LogP contribution in [0.3, 0.4) is 0 Å².